The second-order valence-corrected chi connectivity index (χ2v) is 10.1. The molecule has 0 unspecified atom stereocenters. The zero-order valence-corrected chi connectivity index (χ0v) is 22.1. The van der Waals surface area contributed by atoms with Crippen LogP contribution in [0.5, 0.6) is 5.75 Å². The number of nitrogens with one attached hydrogen (secondary N) is 2. The molecule has 196 valence electrons. The molecule has 4 aromatic rings. The summed E-state index contributed by atoms with van der Waals surface area (Å²) in [5, 5.41) is 7.82. The molecule has 0 bridgehead atoms. The molecule has 1 heterocycles. The Hall–Kier alpha value is -4.13. The Labute approximate surface area is 224 Å². The highest BCUT2D eigenvalue weighted by Gasteiger charge is 2.24. The van der Waals surface area contributed by atoms with Gasteiger partial charge in [-0.2, -0.15) is 4.98 Å². The van der Waals surface area contributed by atoms with Crippen LogP contribution in [-0.2, 0) is 17.8 Å². The van der Waals surface area contributed by atoms with E-state index in [1.54, 1.807) is 0 Å². The number of nitrogens with zero attached hydrogens (tertiary/aromatic N) is 3. The Morgan fingerprint density at radius 1 is 0.868 bits per heavy atom. The van der Waals surface area contributed by atoms with Crippen LogP contribution in [0.15, 0.2) is 78.9 Å². The van der Waals surface area contributed by atoms with Crippen molar-refractivity contribution in [1.29, 1.82) is 0 Å². The van der Waals surface area contributed by atoms with Crippen LogP contribution in [0.1, 0.15) is 36.8 Å². The minimum atomic E-state index is 0.0330. The Bertz CT molecular complexity index is 1370. The molecule has 1 amide bonds. The minimum Gasteiger partial charge on any atom is -0.489 e. The number of carbonyl (C=O) groups is 1. The van der Waals surface area contributed by atoms with E-state index in [0.29, 0.717) is 19.0 Å². The summed E-state index contributed by atoms with van der Waals surface area (Å²) in [5.74, 6) is 2.36. The van der Waals surface area contributed by atoms with E-state index in [9.17, 15) is 4.79 Å². The SMILES string of the molecule is CN(C)c1nc(NC2CCC(NC(=O)Cc3ccccc3OCc3ccccc3)CC2)nc2ccccc12. The van der Waals surface area contributed by atoms with Crippen molar-refractivity contribution in [1.82, 2.24) is 15.3 Å². The molecule has 0 radical (unpaired) electrons. The summed E-state index contributed by atoms with van der Waals surface area (Å²) in [6.45, 7) is 0.480. The van der Waals surface area contributed by atoms with Gasteiger partial charge in [-0.1, -0.05) is 60.7 Å². The van der Waals surface area contributed by atoms with E-state index >= 15 is 0 Å². The molecule has 7 nitrogen and oxygen atoms in total. The van der Waals surface area contributed by atoms with E-state index in [1.807, 2.05) is 91.8 Å². The van der Waals surface area contributed by atoms with Crippen molar-refractivity contribution in [2.75, 3.05) is 24.3 Å². The lowest BCUT2D eigenvalue weighted by Gasteiger charge is -2.30. The Balaban J connectivity index is 1.13. The average Bonchev–Trinajstić information content (AvgIpc) is 2.93. The summed E-state index contributed by atoms with van der Waals surface area (Å²) in [7, 11) is 4.00. The van der Waals surface area contributed by atoms with Crippen molar-refractivity contribution in [2.24, 2.45) is 0 Å². The fourth-order valence-corrected chi connectivity index (χ4v) is 5.01. The number of aromatic nitrogens is 2. The molecule has 0 spiro atoms. The number of amides is 1. The van der Waals surface area contributed by atoms with Crippen LogP contribution in [0.3, 0.4) is 0 Å². The molecule has 3 aromatic carbocycles. The van der Waals surface area contributed by atoms with E-state index < -0.39 is 0 Å². The normalized spacial score (nSPS) is 17.1. The van der Waals surface area contributed by atoms with E-state index in [1.165, 1.54) is 0 Å². The molecule has 1 aromatic heterocycles. The zero-order chi connectivity index (χ0) is 26.3. The van der Waals surface area contributed by atoms with E-state index in [0.717, 1.165) is 59.3 Å². The highest BCUT2D eigenvalue weighted by Crippen LogP contribution is 2.27. The summed E-state index contributed by atoms with van der Waals surface area (Å²) in [6, 6.07) is 26.4. The van der Waals surface area contributed by atoms with Gasteiger partial charge < -0.3 is 20.3 Å². The molecule has 0 atom stereocenters. The monoisotopic (exact) mass is 509 g/mol. The summed E-state index contributed by atoms with van der Waals surface area (Å²) in [5.41, 5.74) is 2.94. The first kappa shape index (κ1) is 25.5. The molecule has 2 N–H and O–H groups in total. The van der Waals surface area contributed by atoms with Gasteiger partial charge in [0.25, 0.3) is 0 Å². The quantitative estimate of drug-likeness (QED) is 0.316. The van der Waals surface area contributed by atoms with E-state index in [2.05, 4.69) is 16.7 Å². The summed E-state index contributed by atoms with van der Waals surface area (Å²) < 4.78 is 6.03. The molecule has 0 saturated heterocycles. The second-order valence-electron chi connectivity index (χ2n) is 10.1. The first-order valence-corrected chi connectivity index (χ1v) is 13.3. The molecule has 5 rings (SSSR count). The number of hydrogen-bond donors (Lipinski definition) is 2. The van der Waals surface area contributed by atoms with Gasteiger partial charge in [-0.05, 0) is 49.4 Å². The van der Waals surface area contributed by atoms with Crippen LogP contribution >= 0.6 is 0 Å². The first-order valence-electron chi connectivity index (χ1n) is 13.3. The lowest BCUT2D eigenvalue weighted by molar-refractivity contribution is -0.121. The van der Waals surface area contributed by atoms with Crippen molar-refractivity contribution < 1.29 is 9.53 Å². The molecular formula is C31H35N5O2. The van der Waals surface area contributed by atoms with Gasteiger partial charge in [0.05, 0.1) is 11.9 Å². The smallest absolute Gasteiger partial charge is 0.225 e. The number of hydrogen-bond acceptors (Lipinski definition) is 6. The number of rotatable bonds is 9. The molecule has 1 saturated carbocycles. The van der Waals surface area contributed by atoms with E-state index in [-0.39, 0.29) is 18.0 Å². The highest BCUT2D eigenvalue weighted by molar-refractivity contribution is 5.90. The highest BCUT2D eigenvalue weighted by atomic mass is 16.5. The third-order valence-corrected chi connectivity index (χ3v) is 6.99. The Morgan fingerprint density at radius 3 is 2.34 bits per heavy atom. The maximum Gasteiger partial charge on any atom is 0.225 e. The topological polar surface area (TPSA) is 79.4 Å². The van der Waals surface area contributed by atoms with Crippen LogP contribution < -0.4 is 20.3 Å². The van der Waals surface area contributed by atoms with Crippen molar-refractivity contribution in [3.63, 3.8) is 0 Å². The van der Waals surface area contributed by atoms with Crippen LogP contribution in [0.25, 0.3) is 10.9 Å². The Morgan fingerprint density at radius 2 is 1.55 bits per heavy atom. The third kappa shape index (κ3) is 6.40. The molecule has 38 heavy (non-hydrogen) atoms. The van der Waals surface area contributed by atoms with Crippen molar-refractivity contribution in [2.45, 2.75) is 50.8 Å². The molecule has 7 heteroatoms. The lowest BCUT2D eigenvalue weighted by atomic mass is 9.91. The fourth-order valence-electron chi connectivity index (χ4n) is 5.01. The van der Waals surface area contributed by atoms with Gasteiger partial charge in [-0.15, -0.1) is 0 Å². The molecule has 1 aliphatic rings. The van der Waals surface area contributed by atoms with Crippen LogP contribution in [0, 0.1) is 0 Å². The fraction of sp³-hybridized carbons (Fsp3) is 0.323. The number of anilines is 2. The van der Waals surface area contributed by atoms with Crippen LogP contribution in [0.4, 0.5) is 11.8 Å². The molecule has 0 aliphatic heterocycles. The van der Waals surface area contributed by atoms with Gasteiger partial charge in [0.2, 0.25) is 11.9 Å². The van der Waals surface area contributed by atoms with Crippen molar-refractivity contribution >= 4 is 28.6 Å². The van der Waals surface area contributed by atoms with Crippen molar-refractivity contribution in [3.05, 3.63) is 90.0 Å². The van der Waals surface area contributed by atoms with Gasteiger partial charge in [-0.25, -0.2) is 4.98 Å². The predicted molar refractivity (Wildman–Crippen MR) is 153 cm³/mol. The molecular weight excluding hydrogens is 474 g/mol. The maximum atomic E-state index is 12.9. The minimum absolute atomic E-state index is 0.0330. The van der Waals surface area contributed by atoms with Gasteiger partial charge in [0.1, 0.15) is 18.2 Å². The predicted octanol–water partition coefficient (Wildman–Crippen LogP) is 5.36. The Kier molecular flexibility index (Phi) is 8.02. The number of carbonyl (C=O) groups excluding carboxylic acids is 1. The standard InChI is InChI=1S/C31H35N5O2/c1-36(2)30-26-13-7-8-14-27(26)34-31(35-30)33-25-18-16-24(17-19-25)32-29(37)20-23-12-6-9-15-28(23)38-21-22-10-4-3-5-11-22/h3-15,24-25H,16-21H2,1-2H3,(H,32,37)(H,33,34,35). The lowest BCUT2D eigenvalue weighted by Crippen LogP contribution is -2.41. The summed E-state index contributed by atoms with van der Waals surface area (Å²) in [6.07, 6.45) is 4.05. The maximum absolute atomic E-state index is 12.9. The van der Waals surface area contributed by atoms with Gasteiger partial charge >= 0.3 is 0 Å². The average molecular weight is 510 g/mol. The van der Waals surface area contributed by atoms with Crippen molar-refractivity contribution in [3.8, 4) is 5.75 Å². The van der Waals surface area contributed by atoms with Gasteiger partial charge in [0.15, 0.2) is 0 Å². The number of para-hydroxylation sites is 2. The molecule has 1 fully saturated rings. The first-order chi connectivity index (χ1) is 18.5. The number of fused-ring (bicyclic) bond motifs is 1. The largest absolute Gasteiger partial charge is 0.489 e. The second kappa shape index (κ2) is 11.9. The van der Waals surface area contributed by atoms with E-state index in [4.69, 9.17) is 14.7 Å². The van der Waals surface area contributed by atoms with Crippen LogP contribution in [0.2, 0.25) is 0 Å². The third-order valence-electron chi connectivity index (χ3n) is 6.99. The molecule has 1 aliphatic carbocycles. The number of benzene rings is 3. The summed E-state index contributed by atoms with van der Waals surface area (Å²) >= 11 is 0. The van der Waals surface area contributed by atoms with Gasteiger partial charge in [-0.3, -0.25) is 4.79 Å². The summed E-state index contributed by atoms with van der Waals surface area (Å²) in [4.78, 5) is 24.4. The zero-order valence-electron chi connectivity index (χ0n) is 22.1. The van der Waals surface area contributed by atoms with Gasteiger partial charge in [0, 0.05) is 37.1 Å². The van der Waals surface area contributed by atoms with Crippen LogP contribution in [-0.4, -0.2) is 42.1 Å². The number of ether oxygens (including phenoxy) is 1.